The summed E-state index contributed by atoms with van der Waals surface area (Å²) in [5.41, 5.74) is 2.24. The molecule has 0 saturated carbocycles. The number of benzene rings is 2. The SMILES string of the molecule is CCc1ccc(S(=O)(=O)N(C)CCC(C)C2=N[C@@H](C)[C@@H](c3ccccc3)O2)cc1. The molecule has 1 aliphatic rings. The summed E-state index contributed by atoms with van der Waals surface area (Å²) in [5, 5.41) is 0. The highest BCUT2D eigenvalue weighted by atomic mass is 32.2. The molecule has 0 amide bonds. The van der Waals surface area contributed by atoms with Gasteiger partial charge in [0.25, 0.3) is 0 Å². The Morgan fingerprint density at radius 2 is 1.76 bits per heavy atom. The zero-order chi connectivity index (χ0) is 21.0. The van der Waals surface area contributed by atoms with Crippen molar-refractivity contribution in [1.29, 1.82) is 0 Å². The Labute approximate surface area is 174 Å². The van der Waals surface area contributed by atoms with Gasteiger partial charge >= 0.3 is 0 Å². The number of hydrogen-bond donors (Lipinski definition) is 0. The van der Waals surface area contributed by atoms with E-state index in [1.54, 1.807) is 19.2 Å². The molecule has 1 unspecified atom stereocenters. The summed E-state index contributed by atoms with van der Waals surface area (Å²) in [4.78, 5) is 5.02. The fraction of sp³-hybridized carbons (Fsp3) is 0.435. The van der Waals surface area contributed by atoms with Crippen LogP contribution in [0.2, 0.25) is 0 Å². The number of aliphatic imine (C=N–C) groups is 1. The third-order valence-corrected chi connectivity index (χ3v) is 7.35. The Balaban J connectivity index is 1.59. The van der Waals surface area contributed by atoms with Crippen LogP contribution >= 0.6 is 0 Å². The molecule has 0 bridgehead atoms. The standard InChI is InChI=1S/C23H30N2O3S/c1-5-19-11-13-21(14-12-19)29(26,27)25(4)16-15-17(2)23-24-18(3)22(28-23)20-9-7-6-8-10-20/h6-14,17-18,22H,5,15-16H2,1-4H3/t17?,18-,22-/m0/s1. The van der Waals surface area contributed by atoms with Gasteiger partial charge in [-0.05, 0) is 43.0 Å². The van der Waals surface area contributed by atoms with Crippen molar-refractivity contribution in [1.82, 2.24) is 4.31 Å². The quantitative estimate of drug-likeness (QED) is 0.641. The molecular weight excluding hydrogens is 384 g/mol. The Bertz CT molecular complexity index is 940. The molecule has 3 atom stereocenters. The third kappa shape index (κ3) is 4.87. The Kier molecular flexibility index (Phi) is 6.75. The van der Waals surface area contributed by atoms with Crippen LogP contribution in [0.15, 0.2) is 64.5 Å². The molecule has 0 fully saturated rings. The molecule has 2 aromatic carbocycles. The van der Waals surface area contributed by atoms with Crippen molar-refractivity contribution in [3.63, 3.8) is 0 Å². The van der Waals surface area contributed by atoms with Crippen LogP contribution < -0.4 is 0 Å². The van der Waals surface area contributed by atoms with Gasteiger partial charge in [-0.25, -0.2) is 17.7 Å². The Hall–Kier alpha value is -2.18. The van der Waals surface area contributed by atoms with E-state index in [9.17, 15) is 8.42 Å². The van der Waals surface area contributed by atoms with Gasteiger partial charge in [-0.3, -0.25) is 0 Å². The van der Waals surface area contributed by atoms with Crippen LogP contribution in [0.5, 0.6) is 0 Å². The molecule has 0 N–H and O–H groups in total. The van der Waals surface area contributed by atoms with Crippen molar-refractivity contribution in [2.45, 2.75) is 50.7 Å². The minimum atomic E-state index is -3.50. The van der Waals surface area contributed by atoms with Crippen molar-refractivity contribution in [2.75, 3.05) is 13.6 Å². The minimum Gasteiger partial charge on any atom is -0.470 e. The predicted molar refractivity (Wildman–Crippen MR) is 117 cm³/mol. The lowest BCUT2D eigenvalue weighted by Gasteiger charge is -2.20. The van der Waals surface area contributed by atoms with E-state index in [1.807, 2.05) is 51.1 Å². The van der Waals surface area contributed by atoms with E-state index in [4.69, 9.17) is 9.73 Å². The van der Waals surface area contributed by atoms with E-state index < -0.39 is 10.0 Å². The zero-order valence-corrected chi connectivity index (χ0v) is 18.4. The molecule has 0 radical (unpaired) electrons. The summed E-state index contributed by atoms with van der Waals surface area (Å²) in [6.45, 7) is 6.54. The summed E-state index contributed by atoms with van der Waals surface area (Å²) < 4.78 is 33.2. The Morgan fingerprint density at radius 3 is 2.38 bits per heavy atom. The van der Waals surface area contributed by atoms with E-state index in [0.717, 1.165) is 17.5 Å². The van der Waals surface area contributed by atoms with Crippen molar-refractivity contribution >= 4 is 15.9 Å². The fourth-order valence-electron chi connectivity index (χ4n) is 3.46. The van der Waals surface area contributed by atoms with Crippen LogP contribution in [0.25, 0.3) is 0 Å². The van der Waals surface area contributed by atoms with Gasteiger partial charge in [0, 0.05) is 19.5 Å². The molecule has 0 aliphatic carbocycles. The van der Waals surface area contributed by atoms with Gasteiger partial charge in [-0.15, -0.1) is 0 Å². The second-order valence-electron chi connectivity index (χ2n) is 7.67. The number of sulfonamides is 1. The highest BCUT2D eigenvalue weighted by molar-refractivity contribution is 7.89. The normalized spacial score (nSPS) is 20.4. The number of hydrogen-bond acceptors (Lipinski definition) is 4. The average molecular weight is 415 g/mol. The molecule has 1 heterocycles. The van der Waals surface area contributed by atoms with Crippen LogP contribution in [0.4, 0.5) is 0 Å². The van der Waals surface area contributed by atoms with E-state index in [0.29, 0.717) is 23.8 Å². The first-order chi connectivity index (χ1) is 13.8. The van der Waals surface area contributed by atoms with Gasteiger partial charge in [0.2, 0.25) is 10.0 Å². The number of ether oxygens (including phenoxy) is 1. The van der Waals surface area contributed by atoms with Crippen molar-refractivity contribution < 1.29 is 13.2 Å². The van der Waals surface area contributed by atoms with Crippen LogP contribution in [-0.4, -0.2) is 38.3 Å². The van der Waals surface area contributed by atoms with Gasteiger partial charge in [0.05, 0.1) is 10.9 Å². The maximum atomic E-state index is 12.8. The second-order valence-corrected chi connectivity index (χ2v) is 9.72. The van der Waals surface area contributed by atoms with Crippen molar-refractivity contribution in [3.05, 3.63) is 65.7 Å². The molecule has 2 aromatic rings. The molecular formula is C23H30N2O3S. The topological polar surface area (TPSA) is 59.0 Å². The largest absolute Gasteiger partial charge is 0.470 e. The van der Waals surface area contributed by atoms with Crippen molar-refractivity contribution in [2.24, 2.45) is 10.9 Å². The first-order valence-electron chi connectivity index (χ1n) is 10.2. The maximum Gasteiger partial charge on any atom is 0.242 e. The van der Waals surface area contributed by atoms with Crippen LogP contribution in [0.1, 0.15) is 44.4 Å². The first kappa shape index (κ1) is 21.5. The van der Waals surface area contributed by atoms with Crippen molar-refractivity contribution in [3.8, 4) is 0 Å². The molecule has 6 heteroatoms. The zero-order valence-electron chi connectivity index (χ0n) is 17.6. The summed E-state index contributed by atoms with van der Waals surface area (Å²) in [7, 11) is -1.87. The number of nitrogens with zero attached hydrogens (tertiary/aromatic N) is 2. The molecule has 156 valence electrons. The summed E-state index contributed by atoms with van der Waals surface area (Å²) in [6, 6.07) is 17.2. The van der Waals surface area contributed by atoms with Crippen LogP contribution in [0.3, 0.4) is 0 Å². The highest BCUT2D eigenvalue weighted by Gasteiger charge is 2.31. The number of aryl methyl sites for hydroxylation is 1. The smallest absolute Gasteiger partial charge is 0.242 e. The summed E-state index contributed by atoms with van der Waals surface area (Å²) >= 11 is 0. The van der Waals surface area contributed by atoms with E-state index in [-0.39, 0.29) is 18.1 Å². The second kappa shape index (κ2) is 9.09. The molecule has 0 saturated heterocycles. The van der Waals surface area contributed by atoms with Gasteiger partial charge in [0.15, 0.2) is 5.90 Å². The minimum absolute atomic E-state index is 0.0475. The number of rotatable bonds is 8. The summed E-state index contributed by atoms with van der Waals surface area (Å²) in [5.74, 6) is 0.760. The Morgan fingerprint density at radius 1 is 1.10 bits per heavy atom. The average Bonchev–Trinajstić information content (AvgIpc) is 3.14. The van der Waals surface area contributed by atoms with Crippen LogP contribution in [-0.2, 0) is 21.2 Å². The molecule has 0 spiro atoms. The molecule has 29 heavy (non-hydrogen) atoms. The molecule has 0 aromatic heterocycles. The van der Waals surface area contributed by atoms with Gasteiger partial charge < -0.3 is 4.74 Å². The van der Waals surface area contributed by atoms with Gasteiger partial charge in [0.1, 0.15) is 6.10 Å². The van der Waals surface area contributed by atoms with Gasteiger partial charge in [-0.1, -0.05) is 56.3 Å². The monoisotopic (exact) mass is 414 g/mol. The lowest BCUT2D eigenvalue weighted by molar-refractivity contribution is 0.189. The summed E-state index contributed by atoms with van der Waals surface area (Å²) in [6.07, 6.45) is 1.46. The molecule has 3 rings (SSSR count). The van der Waals surface area contributed by atoms with E-state index in [2.05, 4.69) is 12.1 Å². The lowest BCUT2D eigenvalue weighted by atomic mass is 10.0. The highest BCUT2D eigenvalue weighted by Crippen LogP contribution is 2.31. The first-order valence-corrected chi connectivity index (χ1v) is 11.6. The van der Waals surface area contributed by atoms with Crippen LogP contribution in [0, 0.1) is 5.92 Å². The third-order valence-electron chi connectivity index (χ3n) is 5.48. The molecule has 1 aliphatic heterocycles. The predicted octanol–water partition coefficient (Wildman–Crippen LogP) is 4.45. The molecule has 5 nitrogen and oxygen atoms in total. The van der Waals surface area contributed by atoms with E-state index >= 15 is 0 Å². The maximum absolute atomic E-state index is 12.8. The van der Waals surface area contributed by atoms with Gasteiger partial charge in [-0.2, -0.15) is 0 Å². The lowest BCUT2D eigenvalue weighted by Crippen LogP contribution is -2.30. The van der Waals surface area contributed by atoms with E-state index in [1.165, 1.54) is 4.31 Å². The fourth-order valence-corrected chi connectivity index (χ4v) is 4.64.